The number of rotatable bonds is 29. The molecule has 4 nitrogen and oxygen atoms in total. The molecule has 4 heteroatoms. The van der Waals surface area contributed by atoms with Gasteiger partial charge in [0.15, 0.2) is 0 Å². The Kier molecular flexibility index (Phi) is 27.7. The number of hydrogen-bond acceptors (Lipinski definition) is 3. The summed E-state index contributed by atoms with van der Waals surface area (Å²) in [4.78, 5) is 23.6. The highest BCUT2D eigenvalue weighted by atomic mass is 16.5. The summed E-state index contributed by atoms with van der Waals surface area (Å²) in [6, 6.07) is 0. The highest BCUT2D eigenvalue weighted by Crippen LogP contribution is 2.16. The lowest BCUT2D eigenvalue weighted by atomic mass is 10.0. The summed E-state index contributed by atoms with van der Waals surface area (Å²) in [5.41, 5.74) is 5.38. The van der Waals surface area contributed by atoms with Gasteiger partial charge in [0.2, 0.25) is 5.91 Å². The fourth-order valence-electron chi connectivity index (χ4n) is 5.00. The Morgan fingerprint density at radius 2 is 0.861 bits per heavy atom. The first-order valence-corrected chi connectivity index (χ1v) is 16.1. The molecule has 0 spiro atoms. The maximum Gasteiger partial charge on any atom is 0.306 e. The molecule has 0 aromatic heterocycles. The van der Waals surface area contributed by atoms with Gasteiger partial charge in [0.05, 0.1) is 6.42 Å². The van der Waals surface area contributed by atoms with Crippen LogP contribution in [-0.2, 0) is 14.3 Å². The Labute approximate surface area is 225 Å². The van der Waals surface area contributed by atoms with E-state index in [-0.39, 0.29) is 24.4 Å². The Balaban J connectivity index is 3.62. The van der Waals surface area contributed by atoms with Gasteiger partial charge in [-0.1, -0.05) is 155 Å². The fraction of sp³-hybridized carbons (Fsp3) is 0.938. The summed E-state index contributed by atoms with van der Waals surface area (Å²) in [5.74, 6) is -0.539. The van der Waals surface area contributed by atoms with Gasteiger partial charge < -0.3 is 10.5 Å². The van der Waals surface area contributed by atoms with Crippen LogP contribution in [0.1, 0.15) is 187 Å². The van der Waals surface area contributed by atoms with Crippen LogP contribution in [0, 0.1) is 0 Å². The molecule has 0 heterocycles. The zero-order chi connectivity index (χ0) is 26.5. The number of primary amides is 1. The molecule has 214 valence electrons. The summed E-state index contributed by atoms with van der Waals surface area (Å²) in [6.07, 6.45) is 32.0. The second-order valence-electron chi connectivity index (χ2n) is 11.1. The van der Waals surface area contributed by atoms with Crippen molar-refractivity contribution in [3.63, 3.8) is 0 Å². The molecule has 0 aliphatic carbocycles. The quantitative estimate of drug-likeness (QED) is 0.0805. The monoisotopic (exact) mass is 509 g/mol. The number of unbranched alkanes of at least 4 members (excludes halogenated alkanes) is 22. The van der Waals surface area contributed by atoms with Crippen LogP contribution < -0.4 is 5.73 Å². The lowest BCUT2D eigenvalue weighted by Gasteiger charge is -2.16. The van der Waals surface area contributed by atoms with E-state index in [2.05, 4.69) is 13.8 Å². The van der Waals surface area contributed by atoms with Crippen molar-refractivity contribution < 1.29 is 14.3 Å². The molecule has 0 aliphatic rings. The van der Waals surface area contributed by atoms with Gasteiger partial charge in [0.1, 0.15) is 6.10 Å². The Hall–Kier alpha value is -1.06. The standard InChI is InChI=1S/C32H63NO3/c1-3-5-7-9-11-13-14-15-16-17-18-20-22-24-26-28-32(35)36-30(29-31(33)34)27-25-23-21-19-12-10-8-6-4-2/h30H,3-29H2,1-2H3,(H2,33,34)/t30-/m1/s1. The van der Waals surface area contributed by atoms with Crippen molar-refractivity contribution in [1.29, 1.82) is 0 Å². The van der Waals surface area contributed by atoms with E-state index < -0.39 is 0 Å². The maximum atomic E-state index is 12.3. The van der Waals surface area contributed by atoms with E-state index in [9.17, 15) is 9.59 Å². The molecule has 0 saturated heterocycles. The van der Waals surface area contributed by atoms with E-state index in [1.54, 1.807) is 0 Å². The number of hydrogen-bond donors (Lipinski definition) is 1. The minimum atomic E-state index is -0.379. The smallest absolute Gasteiger partial charge is 0.306 e. The van der Waals surface area contributed by atoms with E-state index in [0.29, 0.717) is 6.42 Å². The minimum absolute atomic E-state index is 0.154. The van der Waals surface area contributed by atoms with E-state index in [0.717, 1.165) is 32.1 Å². The van der Waals surface area contributed by atoms with E-state index in [1.165, 1.54) is 128 Å². The van der Waals surface area contributed by atoms with Crippen LogP contribution in [0.25, 0.3) is 0 Å². The number of carbonyl (C=O) groups is 2. The second kappa shape index (κ2) is 28.5. The van der Waals surface area contributed by atoms with E-state index in [1.807, 2.05) is 0 Å². The average Bonchev–Trinajstić information content (AvgIpc) is 2.85. The van der Waals surface area contributed by atoms with Crippen molar-refractivity contribution in [1.82, 2.24) is 0 Å². The van der Waals surface area contributed by atoms with Gasteiger partial charge in [-0.2, -0.15) is 0 Å². The van der Waals surface area contributed by atoms with Crippen molar-refractivity contribution in [3.05, 3.63) is 0 Å². The molecule has 0 rings (SSSR count). The van der Waals surface area contributed by atoms with Gasteiger partial charge in [-0.05, 0) is 19.3 Å². The molecule has 36 heavy (non-hydrogen) atoms. The highest BCUT2D eigenvalue weighted by Gasteiger charge is 2.16. The third kappa shape index (κ3) is 27.5. The van der Waals surface area contributed by atoms with Crippen molar-refractivity contribution in [2.24, 2.45) is 5.73 Å². The summed E-state index contributed by atoms with van der Waals surface area (Å²) in [7, 11) is 0. The van der Waals surface area contributed by atoms with Crippen LogP contribution in [0.3, 0.4) is 0 Å². The Morgan fingerprint density at radius 3 is 1.22 bits per heavy atom. The molecule has 2 N–H and O–H groups in total. The number of esters is 1. The van der Waals surface area contributed by atoms with Gasteiger partial charge >= 0.3 is 5.97 Å². The Morgan fingerprint density at radius 1 is 0.528 bits per heavy atom. The van der Waals surface area contributed by atoms with Crippen molar-refractivity contribution >= 4 is 11.9 Å². The summed E-state index contributed by atoms with van der Waals surface area (Å²) < 4.78 is 5.61. The summed E-state index contributed by atoms with van der Waals surface area (Å²) >= 11 is 0. The normalized spacial score (nSPS) is 12.1. The van der Waals surface area contributed by atoms with Gasteiger partial charge in [0.25, 0.3) is 0 Å². The first kappa shape index (κ1) is 34.9. The van der Waals surface area contributed by atoms with Gasteiger partial charge in [-0.15, -0.1) is 0 Å². The first-order chi connectivity index (χ1) is 17.6. The molecule has 0 unspecified atom stereocenters. The topological polar surface area (TPSA) is 69.4 Å². The zero-order valence-corrected chi connectivity index (χ0v) is 24.5. The van der Waals surface area contributed by atoms with Crippen LogP contribution >= 0.6 is 0 Å². The molecular weight excluding hydrogens is 446 g/mol. The predicted molar refractivity (Wildman–Crippen MR) is 155 cm³/mol. The zero-order valence-electron chi connectivity index (χ0n) is 24.5. The van der Waals surface area contributed by atoms with Gasteiger partial charge in [-0.3, -0.25) is 9.59 Å². The number of amides is 1. The van der Waals surface area contributed by atoms with E-state index in [4.69, 9.17) is 10.5 Å². The first-order valence-electron chi connectivity index (χ1n) is 16.1. The molecule has 0 saturated carbocycles. The van der Waals surface area contributed by atoms with Gasteiger partial charge in [-0.25, -0.2) is 0 Å². The predicted octanol–water partition coefficient (Wildman–Crippen LogP) is 9.96. The van der Waals surface area contributed by atoms with Crippen LogP contribution in [0.5, 0.6) is 0 Å². The molecule has 1 atom stereocenters. The average molecular weight is 510 g/mol. The second-order valence-corrected chi connectivity index (χ2v) is 11.1. The fourth-order valence-corrected chi connectivity index (χ4v) is 5.00. The lowest BCUT2D eigenvalue weighted by Crippen LogP contribution is -2.25. The minimum Gasteiger partial charge on any atom is -0.462 e. The van der Waals surface area contributed by atoms with Crippen LogP contribution in [0.15, 0.2) is 0 Å². The molecule has 0 bridgehead atoms. The molecule has 0 aromatic carbocycles. The molecule has 0 radical (unpaired) electrons. The third-order valence-electron chi connectivity index (χ3n) is 7.34. The molecule has 1 amide bonds. The molecular formula is C32H63NO3. The van der Waals surface area contributed by atoms with Crippen LogP contribution in [-0.4, -0.2) is 18.0 Å². The molecule has 0 aliphatic heterocycles. The summed E-state index contributed by atoms with van der Waals surface area (Å²) in [6.45, 7) is 4.52. The van der Waals surface area contributed by atoms with Gasteiger partial charge in [0, 0.05) is 6.42 Å². The number of nitrogens with two attached hydrogens (primary N) is 1. The SMILES string of the molecule is CCCCCCCCCCCCCCCCCC(=O)O[C@H](CCCCCCCCCCC)CC(N)=O. The summed E-state index contributed by atoms with van der Waals surface area (Å²) in [5, 5.41) is 0. The van der Waals surface area contributed by atoms with Crippen molar-refractivity contribution in [2.45, 2.75) is 193 Å². The van der Waals surface area contributed by atoms with E-state index >= 15 is 0 Å². The van der Waals surface area contributed by atoms with Crippen molar-refractivity contribution in [2.75, 3.05) is 0 Å². The third-order valence-corrected chi connectivity index (χ3v) is 7.34. The lowest BCUT2D eigenvalue weighted by molar-refractivity contribution is -0.150. The largest absolute Gasteiger partial charge is 0.462 e. The number of ether oxygens (including phenoxy) is 1. The number of carbonyl (C=O) groups excluding carboxylic acids is 2. The Bertz CT molecular complexity index is 480. The van der Waals surface area contributed by atoms with Crippen LogP contribution in [0.2, 0.25) is 0 Å². The molecule has 0 fully saturated rings. The highest BCUT2D eigenvalue weighted by molar-refractivity contribution is 5.75. The van der Waals surface area contributed by atoms with Crippen molar-refractivity contribution in [3.8, 4) is 0 Å². The van der Waals surface area contributed by atoms with Crippen LogP contribution in [0.4, 0.5) is 0 Å². The molecule has 0 aromatic rings. The maximum absolute atomic E-state index is 12.3.